The topological polar surface area (TPSA) is 0 Å². The molecule has 26 heavy (non-hydrogen) atoms. The summed E-state index contributed by atoms with van der Waals surface area (Å²) in [5.74, 6) is 0. The first kappa shape index (κ1) is 16.0. The van der Waals surface area contributed by atoms with Crippen molar-refractivity contribution in [3.63, 3.8) is 0 Å². The van der Waals surface area contributed by atoms with Crippen LogP contribution in [0.4, 0.5) is 0 Å². The minimum atomic E-state index is 1.15. The summed E-state index contributed by atoms with van der Waals surface area (Å²) >= 11 is 7.66. The zero-order valence-corrected chi connectivity index (χ0v) is 17.0. The van der Waals surface area contributed by atoms with E-state index in [-0.39, 0.29) is 0 Å². The van der Waals surface area contributed by atoms with E-state index in [0.717, 1.165) is 8.95 Å². The highest BCUT2D eigenvalue weighted by molar-refractivity contribution is 9.11. The summed E-state index contributed by atoms with van der Waals surface area (Å²) in [7, 11) is 0. The van der Waals surface area contributed by atoms with Crippen molar-refractivity contribution in [1.29, 1.82) is 0 Å². The molecule has 0 aromatic heterocycles. The minimum absolute atomic E-state index is 1.15. The van der Waals surface area contributed by atoms with Gasteiger partial charge < -0.3 is 0 Å². The maximum atomic E-state index is 3.84. The highest BCUT2D eigenvalue weighted by atomic mass is 79.9. The number of hydrogen-bond donors (Lipinski definition) is 0. The fourth-order valence-electron chi connectivity index (χ4n) is 3.63. The molecular formula is C24H14Br2. The predicted octanol–water partition coefficient (Wildman–Crippen LogP) is 8.34. The van der Waals surface area contributed by atoms with E-state index in [4.69, 9.17) is 0 Å². The summed E-state index contributed by atoms with van der Waals surface area (Å²) < 4.78 is 2.30. The molecule has 0 heterocycles. The molecule has 0 saturated carbocycles. The number of benzene rings is 5. The average Bonchev–Trinajstić information content (AvgIpc) is 2.69. The SMILES string of the molecule is Brc1c(-c2ccc3cc4ccccc4c(Br)c3c2)ccc2ccccc12. The van der Waals surface area contributed by atoms with E-state index in [1.807, 2.05) is 0 Å². The van der Waals surface area contributed by atoms with Gasteiger partial charge >= 0.3 is 0 Å². The van der Waals surface area contributed by atoms with Gasteiger partial charge in [-0.3, -0.25) is 0 Å². The summed E-state index contributed by atoms with van der Waals surface area (Å²) in [6.07, 6.45) is 0. The van der Waals surface area contributed by atoms with Crippen LogP contribution in [0.15, 0.2) is 93.9 Å². The van der Waals surface area contributed by atoms with Gasteiger partial charge in [-0.2, -0.15) is 0 Å². The lowest BCUT2D eigenvalue weighted by molar-refractivity contribution is 1.64. The minimum Gasteiger partial charge on any atom is -0.0616 e. The Morgan fingerprint density at radius 2 is 1.08 bits per heavy atom. The number of rotatable bonds is 1. The van der Waals surface area contributed by atoms with Gasteiger partial charge in [0.2, 0.25) is 0 Å². The van der Waals surface area contributed by atoms with Crippen molar-refractivity contribution >= 4 is 64.2 Å². The first-order valence-electron chi connectivity index (χ1n) is 8.51. The third-order valence-corrected chi connectivity index (χ3v) is 6.68. The second kappa shape index (κ2) is 6.22. The second-order valence-corrected chi connectivity index (χ2v) is 8.08. The van der Waals surface area contributed by atoms with E-state index in [2.05, 4.69) is 117 Å². The molecule has 124 valence electrons. The predicted molar refractivity (Wildman–Crippen MR) is 120 cm³/mol. The fraction of sp³-hybridized carbons (Fsp3) is 0. The van der Waals surface area contributed by atoms with E-state index < -0.39 is 0 Å². The van der Waals surface area contributed by atoms with Gasteiger partial charge in [0.25, 0.3) is 0 Å². The Hall–Kier alpha value is -2.16. The van der Waals surface area contributed by atoms with Crippen LogP contribution in [0.25, 0.3) is 43.4 Å². The molecule has 0 aliphatic rings. The van der Waals surface area contributed by atoms with Crippen molar-refractivity contribution in [2.45, 2.75) is 0 Å². The van der Waals surface area contributed by atoms with Crippen LogP contribution in [0.1, 0.15) is 0 Å². The summed E-state index contributed by atoms with van der Waals surface area (Å²) in [4.78, 5) is 0. The van der Waals surface area contributed by atoms with Crippen LogP contribution in [0, 0.1) is 0 Å². The molecule has 0 atom stereocenters. The number of halogens is 2. The van der Waals surface area contributed by atoms with Crippen LogP contribution in [0.2, 0.25) is 0 Å². The molecule has 2 heteroatoms. The Morgan fingerprint density at radius 1 is 0.462 bits per heavy atom. The Balaban J connectivity index is 1.79. The van der Waals surface area contributed by atoms with E-state index in [9.17, 15) is 0 Å². The molecule has 0 unspecified atom stereocenters. The smallest absolute Gasteiger partial charge is 0.0332 e. The van der Waals surface area contributed by atoms with Gasteiger partial charge in [0, 0.05) is 8.95 Å². The van der Waals surface area contributed by atoms with E-state index >= 15 is 0 Å². The summed E-state index contributed by atoms with van der Waals surface area (Å²) in [6.45, 7) is 0. The van der Waals surface area contributed by atoms with Crippen LogP contribution in [0.3, 0.4) is 0 Å². The van der Waals surface area contributed by atoms with Gasteiger partial charge in [0.15, 0.2) is 0 Å². The van der Waals surface area contributed by atoms with E-state index in [1.54, 1.807) is 0 Å². The van der Waals surface area contributed by atoms with Gasteiger partial charge in [-0.05, 0) is 87.4 Å². The zero-order chi connectivity index (χ0) is 17.7. The lowest BCUT2D eigenvalue weighted by Gasteiger charge is -2.11. The second-order valence-electron chi connectivity index (χ2n) is 6.50. The zero-order valence-electron chi connectivity index (χ0n) is 13.8. The molecule has 0 aliphatic heterocycles. The Bertz CT molecular complexity index is 1300. The molecule has 5 aromatic rings. The molecule has 0 bridgehead atoms. The lowest BCUT2D eigenvalue weighted by Crippen LogP contribution is -1.85. The quantitative estimate of drug-likeness (QED) is 0.220. The average molecular weight is 462 g/mol. The van der Waals surface area contributed by atoms with Crippen molar-refractivity contribution in [1.82, 2.24) is 0 Å². The molecule has 0 amide bonds. The van der Waals surface area contributed by atoms with Gasteiger partial charge in [-0.1, -0.05) is 72.8 Å². The normalized spacial score (nSPS) is 11.5. The van der Waals surface area contributed by atoms with Crippen molar-refractivity contribution in [2.24, 2.45) is 0 Å². The molecule has 0 fully saturated rings. The molecule has 0 spiro atoms. The van der Waals surface area contributed by atoms with Gasteiger partial charge in [0.05, 0.1) is 0 Å². The fourth-order valence-corrected chi connectivity index (χ4v) is 5.06. The molecule has 0 N–H and O–H groups in total. The Morgan fingerprint density at radius 3 is 1.88 bits per heavy atom. The summed E-state index contributed by atoms with van der Waals surface area (Å²) in [5.41, 5.74) is 2.43. The van der Waals surface area contributed by atoms with Crippen LogP contribution in [0.5, 0.6) is 0 Å². The van der Waals surface area contributed by atoms with Crippen molar-refractivity contribution in [3.8, 4) is 11.1 Å². The third-order valence-electron chi connectivity index (χ3n) is 4.97. The molecule has 0 saturated heterocycles. The monoisotopic (exact) mass is 460 g/mol. The van der Waals surface area contributed by atoms with E-state index in [1.165, 1.54) is 43.4 Å². The van der Waals surface area contributed by atoms with Crippen molar-refractivity contribution in [3.05, 3.63) is 93.9 Å². The van der Waals surface area contributed by atoms with Crippen LogP contribution in [-0.4, -0.2) is 0 Å². The highest BCUT2D eigenvalue weighted by Gasteiger charge is 2.10. The third kappa shape index (κ3) is 2.48. The first-order valence-corrected chi connectivity index (χ1v) is 10.1. The molecule has 0 aliphatic carbocycles. The summed E-state index contributed by atoms with van der Waals surface area (Å²) in [5, 5.41) is 7.47. The standard InChI is InChI=1S/C24H14Br2/c25-23-19-7-3-1-5-15(19)11-12-21(23)18-10-9-17-13-16-6-2-4-8-20(16)24(26)22(17)14-18/h1-14H. The van der Waals surface area contributed by atoms with Crippen molar-refractivity contribution < 1.29 is 0 Å². The van der Waals surface area contributed by atoms with Gasteiger partial charge in [0.1, 0.15) is 0 Å². The summed E-state index contributed by atoms with van der Waals surface area (Å²) in [6, 6.07) is 30.3. The van der Waals surface area contributed by atoms with Crippen LogP contribution < -0.4 is 0 Å². The molecule has 5 aromatic carbocycles. The maximum absolute atomic E-state index is 3.84. The molecule has 0 radical (unpaired) electrons. The number of hydrogen-bond acceptors (Lipinski definition) is 0. The maximum Gasteiger partial charge on any atom is 0.0332 e. The van der Waals surface area contributed by atoms with Gasteiger partial charge in [-0.15, -0.1) is 0 Å². The Kier molecular flexibility index (Phi) is 3.84. The lowest BCUT2D eigenvalue weighted by atomic mass is 9.97. The largest absolute Gasteiger partial charge is 0.0616 e. The van der Waals surface area contributed by atoms with Gasteiger partial charge in [-0.25, -0.2) is 0 Å². The number of fused-ring (bicyclic) bond motifs is 3. The molecular weight excluding hydrogens is 448 g/mol. The molecule has 5 rings (SSSR count). The first-order chi connectivity index (χ1) is 12.7. The highest BCUT2D eigenvalue weighted by Crippen LogP contribution is 2.38. The van der Waals surface area contributed by atoms with E-state index in [0.29, 0.717) is 0 Å². The molecule has 0 nitrogen and oxygen atoms in total. The van der Waals surface area contributed by atoms with Crippen molar-refractivity contribution in [2.75, 3.05) is 0 Å². The Labute approximate surface area is 168 Å². The van der Waals surface area contributed by atoms with Crippen LogP contribution >= 0.6 is 31.9 Å². The van der Waals surface area contributed by atoms with Crippen LogP contribution in [-0.2, 0) is 0 Å².